The zero-order chi connectivity index (χ0) is 14.4. The highest BCUT2D eigenvalue weighted by Gasteiger charge is 2.35. The quantitative estimate of drug-likeness (QED) is 0.446. The van der Waals surface area contributed by atoms with E-state index in [1.165, 1.54) is 0 Å². The molecule has 108 valence electrons. The molecule has 0 spiro atoms. The molecule has 0 aromatic rings. The summed E-state index contributed by atoms with van der Waals surface area (Å²) in [6.07, 6.45) is 3.80. The van der Waals surface area contributed by atoms with Crippen molar-refractivity contribution in [3.8, 4) is 0 Å². The highest BCUT2D eigenvalue weighted by atomic mass is 32.2. The van der Waals surface area contributed by atoms with Crippen LogP contribution in [0.1, 0.15) is 39.5 Å². The topological polar surface area (TPSA) is 40.5 Å². The van der Waals surface area contributed by atoms with E-state index < -0.39 is 6.10 Å². The lowest BCUT2D eigenvalue weighted by molar-refractivity contribution is -0.130. The van der Waals surface area contributed by atoms with Gasteiger partial charge in [-0.15, -0.1) is 6.58 Å². The first-order valence-corrected chi connectivity index (χ1v) is 8.14. The van der Waals surface area contributed by atoms with Crippen LogP contribution in [0.2, 0.25) is 0 Å². The maximum absolute atomic E-state index is 12.3. The first-order chi connectivity index (χ1) is 8.97. The number of hydrogen-bond acceptors (Lipinski definition) is 4. The maximum Gasteiger partial charge on any atom is 0.230 e. The van der Waals surface area contributed by atoms with Crippen molar-refractivity contribution in [1.82, 2.24) is 4.90 Å². The van der Waals surface area contributed by atoms with Crippen LogP contribution in [0.15, 0.2) is 12.7 Å². The van der Waals surface area contributed by atoms with E-state index in [0.29, 0.717) is 16.7 Å². The number of nitrogens with zero attached hydrogens (tertiary/aromatic N) is 1. The number of aliphatic hydroxyl groups is 1. The number of hydrogen-bond donors (Lipinski definition) is 1. The van der Waals surface area contributed by atoms with Gasteiger partial charge in [-0.3, -0.25) is 9.69 Å². The smallest absolute Gasteiger partial charge is 0.230 e. The fourth-order valence-corrected chi connectivity index (χ4v) is 3.78. The van der Waals surface area contributed by atoms with Crippen molar-refractivity contribution in [2.45, 2.75) is 51.7 Å². The van der Waals surface area contributed by atoms with Crippen LogP contribution in [0, 0.1) is 5.92 Å². The predicted molar refractivity (Wildman–Crippen MR) is 85.2 cm³/mol. The molecule has 0 saturated carbocycles. The van der Waals surface area contributed by atoms with E-state index in [2.05, 4.69) is 20.4 Å². The molecule has 0 radical (unpaired) electrons. The van der Waals surface area contributed by atoms with Gasteiger partial charge in [-0.25, -0.2) is 0 Å². The molecule has 19 heavy (non-hydrogen) atoms. The third-order valence-electron chi connectivity index (χ3n) is 3.30. The van der Waals surface area contributed by atoms with Gasteiger partial charge in [0.15, 0.2) is 0 Å². The average Bonchev–Trinajstić information content (AvgIpc) is 2.71. The Labute approximate surface area is 125 Å². The van der Waals surface area contributed by atoms with Crippen molar-refractivity contribution in [2.24, 2.45) is 5.92 Å². The SMILES string of the molecule is C=CCCCC(O)CC(=O)N1C(=S)SCC1C(C)C. The van der Waals surface area contributed by atoms with E-state index in [4.69, 9.17) is 12.2 Å². The van der Waals surface area contributed by atoms with E-state index in [-0.39, 0.29) is 18.4 Å². The van der Waals surface area contributed by atoms with Crippen LogP contribution in [0.3, 0.4) is 0 Å². The van der Waals surface area contributed by atoms with E-state index in [1.807, 2.05) is 6.08 Å². The van der Waals surface area contributed by atoms with E-state index in [0.717, 1.165) is 18.6 Å². The molecule has 1 rings (SSSR count). The number of carbonyl (C=O) groups excluding carboxylic acids is 1. The Kier molecular flexibility index (Phi) is 7.04. The first-order valence-electron chi connectivity index (χ1n) is 6.75. The number of allylic oxidation sites excluding steroid dienone is 1. The predicted octanol–water partition coefficient (Wildman–Crippen LogP) is 2.98. The van der Waals surface area contributed by atoms with Crippen molar-refractivity contribution in [3.05, 3.63) is 12.7 Å². The Morgan fingerprint density at radius 2 is 2.37 bits per heavy atom. The van der Waals surface area contributed by atoms with Gasteiger partial charge in [0.25, 0.3) is 0 Å². The average molecular weight is 301 g/mol. The number of thiocarbonyl (C=S) groups is 1. The Balaban J connectivity index is 2.51. The normalized spacial score (nSPS) is 20.9. The van der Waals surface area contributed by atoms with Gasteiger partial charge in [0.05, 0.1) is 12.5 Å². The molecule has 1 saturated heterocycles. The monoisotopic (exact) mass is 301 g/mol. The molecule has 5 heteroatoms. The molecular weight excluding hydrogens is 278 g/mol. The van der Waals surface area contributed by atoms with Crippen molar-refractivity contribution in [1.29, 1.82) is 0 Å². The molecule has 1 N–H and O–H groups in total. The van der Waals surface area contributed by atoms with Crippen molar-refractivity contribution >= 4 is 34.2 Å². The third kappa shape index (κ3) is 4.89. The van der Waals surface area contributed by atoms with Crippen LogP contribution in [0.4, 0.5) is 0 Å². The van der Waals surface area contributed by atoms with Gasteiger partial charge < -0.3 is 5.11 Å². The number of rotatable bonds is 7. The molecule has 1 aliphatic rings. The van der Waals surface area contributed by atoms with Crippen LogP contribution in [-0.4, -0.2) is 38.1 Å². The lowest BCUT2D eigenvalue weighted by atomic mass is 10.0. The summed E-state index contributed by atoms with van der Waals surface area (Å²) < 4.78 is 0.655. The van der Waals surface area contributed by atoms with Gasteiger partial charge in [-0.1, -0.05) is 43.9 Å². The molecule has 1 amide bonds. The van der Waals surface area contributed by atoms with Gasteiger partial charge in [-0.05, 0) is 25.2 Å². The van der Waals surface area contributed by atoms with Gasteiger partial charge in [0.2, 0.25) is 5.91 Å². The summed E-state index contributed by atoms with van der Waals surface area (Å²) in [5.41, 5.74) is 0. The van der Waals surface area contributed by atoms with Crippen molar-refractivity contribution in [3.63, 3.8) is 0 Å². The molecule has 3 nitrogen and oxygen atoms in total. The summed E-state index contributed by atoms with van der Waals surface area (Å²) in [6.45, 7) is 7.84. The molecule has 0 bridgehead atoms. The number of amides is 1. The second kappa shape index (κ2) is 8.02. The summed E-state index contributed by atoms with van der Waals surface area (Å²) in [7, 11) is 0. The van der Waals surface area contributed by atoms with Crippen LogP contribution >= 0.6 is 24.0 Å². The number of thioether (sulfide) groups is 1. The largest absolute Gasteiger partial charge is 0.393 e. The summed E-state index contributed by atoms with van der Waals surface area (Å²) in [4.78, 5) is 14.0. The van der Waals surface area contributed by atoms with Crippen molar-refractivity contribution < 1.29 is 9.90 Å². The Morgan fingerprint density at radius 3 is 2.95 bits per heavy atom. The molecule has 0 aliphatic carbocycles. The molecule has 2 unspecified atom stereocenters. The van der Waals surface area contributed by atoms with Crippen LogP contribution in [0.25, 0.3) is 0 Å². The van der Waals surface area contributed by atoms with Gasteiger partial charge >= 0.3 is 0 Å². The zero-order valence-electron chi connectivity index (χ0n) is 11.7. The Hall–Kier alpha value is -0.390. The second-order valence-corrected chi connectivity index (χ2v) is 6.88. The summed E-state index contributed by atoms with van der Waals surface area (Å²) in [5, 5.41) is 9.89. The molecule has 1 fully saturated rings. The molecule has 0 aromatic heterocycles. The lowest BCUT2D eigenvalue weighted by Crippen LogP contribution is -2.42. The van der Waals surface area contributed by atoms with E-state index in [1.54, 1.807) is 16.7 Å². The van der Waals surface area contributed by atoms with Crippen LogP contribution in [0.5, 0.6) is 0 Å². The fraction of sp³-hybridized carbons (Fsp3) is 0.714. The third-order valence-corrected chi connectivity index (χ3v) is 4.80. The Morgan fingerprint density at radius 1 is 1.68 bits per heavy atom. The van der Waals surface area contributed by atoms with Crippen LogP contribution in [-0.2, 0) is 4.79 Å². The van der Waals surface area contributed by atoms with Gasteiger partial charge in [0.1, 0.15) is 4.32 Å². The molecule has 1 aliphatic heterocycles. The number of unbranched alkanes of at least 4 members (excludes halogenated alkanes) is 1. The molecule has 1 heterocycles. The van der Waals surface area contributed by atoms with Crippen LogP contribution < -0.4 is 0 Å². The van der Waals surface area contributed by atoms with Gasteiger partial charge in [-0.2, -0.15) is 0 Å². The molecule has 2 atom stereocenters. The first kappa shape index (κ1) is 16.7. The summed E-state index contributed by atoms with van der Waals surface area (Å²) in [5.74, 6) is 1.21. The standard InChI is InChI=1S/C14H23NO2S2/c1-4-5-6-7-11(16)8-13(17)15-12(10(2)3)9-19-14(15)18/h4,10-12,16H,1,5-9H2,2-3H3. The zero-order valence-corrected chi connectivity index (χ0v) is 13.3. The van der Waals surface area contributed by atoms with E-state index >= 15 is 0 Å². The van der Waals surface area contributed by atoms with Gasteiger partial charge in [0, 0.05) is 11.8 Å². The lowest BCUT2D eigenvalue weighted by Gasteiger charge is -2.27. The van der Waals surface area contributed by atoms with E-state index in [9.17, 15) is 9.90 Å². The summed E-state index contributed by atoms with van der Waals surface area (Å²) in [6, 6.07) is 0.172. The highest BCUT2D eigenvalue weighted by molar-refractivity contribution is 8.23. The molecular formula is C14H23NO2S2. The second-order valence-electron chi connectivity index (χ2n) is 5.23. The maximum atomic E-state index is 12.3. The highest BCUT2D eigenvalue weighted by Crippen LogP contribution is 2.29. The number of aliphatic hydroxyl groups excluding tert-OH is 1. The minimum atomic E-state index is -0.575. The summed E-state index contributed by atoms with van der Waals surface area (Å²) >= 11 is 6.81. The van der Waals surface area contributed by atoms with Crippen molar-refractivity contribution in [2.75, 3.05) is 5.75 Å². The Bertz CT molecular complexity index is 344. The minimum Gasteiger partial charge on any atom is -0.393 e. The minimum absolute atomic E-state index is 0.0418. The molecule has 0 aromatic carbocycles. The fourth-order valence-electron chi connectivity index (χ4n) is 2.11. The number of carbonyl (C=O) groups is 1.